The summed E-state index contributed by atoms with van der Waals surface area (Å²) in [6.45, 7) is 1.60. The molecule has 0 aliphatic carbocycles. The lowest BCUT2D eigenvalue weighted by atomic mass is 10.1. The van der Waals surface area contributed by atoms with Crippen molar-refractivity contribution >= 4 is 5.78 Å². The summed E-state index contributed by atoms with van der Waals surface area (Å²) in [6, 6.07) is 4.80. The largest absolute Gasteiger partial charge is 0.461 e. The molecule has 6 heteroatoms. The van der Waals surface area contributed by atoms with E-state index in [1.807, 2.05) is 0 Å². The highest BCUT2D eigenvalue weighted by Crippen LogP contribution is 2.27. The summed E-state index contributed by atoms with van der Waals surface area (Å²) in [5.74, 6) is -0.745. The average Bonchev–Trinajstić information content (AvgIpc) is 2.27. The van der Waals surface area contributed by atoms with Gasteiger partial charge in [0.25, 0.3) is 0 Å². The first-order chi connectivity index (χ1) is 7.86. The highest BCUT2D eigenvalue weighted by Gasteiger charge is 2.43. The van der Waals surface area contributed by atoms with Gasteiger partial charge in [-0.25, -0.2) is 0 Å². The van der Waals surface area contributed by atoms with E-state index in [0.29, 0.717) is 0 Å². The van der Waals surface area contributed by atoms with E-state index in [1.54, 1.807) is 6.92 Å². The molecule has 0 saturated carbocycles. The fourth-order valence-electron chi connectivity index (χ4n) is 1.14. The Balaban J connectivity index is 2.90. The number of carbonyl (C=O) groups excluding carboxylic acids is 1. The van der Waals surface area contributed by atoms with E-state index in [4.69, 9.17) is 0 Å². The number of hydrogen-bond acceptors (Lipinski definition) is 2. The van der Waals surface area contributed by atoms with Crippen molar-refractivity contribution in [2.45, 2.75) is 25.9 Å². The zero-order chi connectivity index (χ0) is 13.1. The number of ketones is 1. The van der Waals surface area contributed by atoms with Crippen LogP contribution in [0.2, 0.25) is 0 Å². The van der Waals surface area contributed by atoms with E-state index in [9.17, 15) is 22.4 Å². The highest BCUT2D eigenvalue weighted by atomic mass is 19.3. The van der Waals surface area contributed by atoms with Gasteiger partial charge in [0.1, 0.15) is 5.75 Å². The van der Waals surface area contributed by atoms with Gasteiger partial charge < -0.3 is 4.74 Å². The third-order valence-corrected chi connectivity index (χ3v) is 1.99. The van der Waals surface area contributed by atoms with Crippen molar-refractivity contribution in [1.29, 1.82) is 0 Å². The highest BCUT2D eigenvalue weighted by molar-refractivity contribution is 5.96. The first kappa shape index (κ1) is 13.5. The normalized spacial score (nSPS) is 11.6. The number of rotatable bonds is 5. The average molecular weight is 250 g/mol. The Morgan fingerprint density at radius 1 is 1.41 bits per heavy atom. The molecule has 1 aromatic rings. The van der Waals surface area contributed by atoms with E-state index in [0.717, 1.165) is 12.1 Å². The maximum Gasteiger partial charge on any atom is 0.461 e. The Labute approximate surface area is 95.2 Å². The molecule has 2 nitrogen and oxygen atoms in total. The number of ether oxygens (including phenoxy) is 1. The van der Waals surface area contributed by atoms with Crippen molar-refractivity contribution in [2.24, 2.45) is 0 Å². The van der Waals surface area contributed by atoms with Gasteiger partial charge in [-0.05, 0) is 12.1 Å². The fourth-order valence-corrected chi connectivity index (χ4v) is 1.14. The summed E-state index contributed by atoms with van der Waals surface area (Å²) in [5, 5.41) is 0. The molecule has 0 fully saturated rings. The van der Waals surface area contributed by atoms with Crippen LogP contribution < -0.4 is 4.74 Å². The molecule has 0 aromatic heterocycles. The van der Waals surface area contributed by atoms with Crippen LogP contribution in [0.4, 0.5) is 17.6 Å². The lowest BCUT2D eigenvalue weighted by Gasteiger charge is -2.16. The topological polar surface area (TPSA) is 26.3 Å². The molecule has 0 bridgehead atoms. The molecule has 1 rings (SSSR count). The SMILES string of the molecule is CCC(=O)c1cccc(OC(F)(F)C(F)F)c1. The quantitative estimate of drug-likeness (QED) is 0.590. The maximum absolute atomic E-state index is 12.6. The second kappa shape index (κ2) is 5.16. The summed E-state index contributed by atoms with van der Waals surface area (Å²) in [7, 11) is 0. The molecular formula is C11H10F4O2. The first-order valence-corrected chi connectivity index (χ1v) is 4.85. The Hall–Kier alpha value is -1.59. The molecule has 0 N–H and O–H groups in total. The molecule has 94 valence electrons. The van der Waals surface area contributed by atoms with Crippen molar-refractivity contribution in [3.8, 4) is 5.75 Å². The van der Waals surface area contributed by atoms with Crippen LogP contribution >= 0.6 is 0 Å². The molecule has 0 aliphatic rings. The number of alkyl halides is 4. The third-order valence-electron chi connectivity index (χ3n) is 1.99. The summed E-state index contributed by atoms with van der Waals surface area (Å²) >= 11 is 0. The summed E-state index contributed by atoms with van der Waals surface area (Å²) < 4.78 is 52.8. The van der Waals surface area contributed by atoms with Gasteiger partial charge >= 0.3 is 12.5 Å². The minimum absolute atomic E-state index is 0.148. The van der Waals surface area contributed by atoms with Gasteiger partial charge in [-0.2, -0.15) is 17.6 Å². The van der Waals surface area contributed by atoms with Gasteiger partial charge in [-0.15, -0.1) is 0 Å². The monoisotopic (exact) mass is 250 g/mol. The molecule has 0 heterocycles. The molecule has 0 unspecified atom stereocenters. The number of benzene rings is 1. The smallest absolute Gasteiger partial charge is 0.428 e. The minimum atomic E-state index is -4.56. The molecule has 0 atom stereocenters. The lowest BCUT2D eigenvalue weighted by molar-refractivity contribution is -0.253. The Kier molecular flexibility index (Phi) is 4.09. The molecule has 0 radical (unpaired) electrons. The zero-order valence-corrected chi connectivity index (χ0v) is 8.92. The van der Waals surface area contributed by atoms with Crippen LogP contribution in [-0.2, 0) is 0 Å². The van der Waals surface area contributed by atoms with Crippen molar-refractivity contribution in [2.75, 3.05) is 0 Å². The van der Waals surface area contributed by atoms with Crippen LogP contribution in [0.15, 0.2) is 24.3 Å². The predicted octanol–water partition coefficient (Wildman–Crippen LogP) is 3.52. The van der Waals surface area contributed by atoms with Crippen LogP contribution in [0.25, 0.3) is 0 Å². The Morgan fingerprint density at radius 2 is 2.06 bits per heavy atom. The van der Waals surface area contributed by atoms with E-state index in [1.165, 1.54) is 12.1 Å². The van der Waals surface area contributed by atoms with Crippen molar-refractivity contribution < 1.29 is 27.1 Å². The lowest BCUT2D eigenvalue weighted by Crippen LogP contribution is -2.33. The molecule has 0 aliphatic heterocycles. The first-order valence-electron chi connectivity index (χ1n) is 4.85. The van der Waals surface area contributed by atoms with E-state index < -0.39 is 18.3 Å². The Bertz CT molecular complexity index is 404. The van der Waals surface area contributed by atoms with Gasteiger partial charge in [0, 0.05) is 12.0 Å². The van der Waals surface area contributed by atoms with Crippen LogP contribution in [-0.4, -0.2) is 18.3 Å². The van der Waals surface area contributed by atoms with Gasteiger partial charge in [-0.3, -0.25) is 4.79 Å². The number of Topliss-reactive ketones (excluding diaryl/α,β-unsaturated/α-hetero) is 1. The van der Waals surface area contributed by atoms with Gasteiger partial charge in [-0.1, -0.05) is 19.1 Å². The second-order valence-electron chi connectivity index (χ2n) is 3.27. The van der Waals surface area contributed by atoms with Crippen LogP contribution in [0.3, 0.4) is 0 Å². The molecule has 0 saturated heterocycles. The maximum atomic E-state index is 12.6. The van der Waals surface area contributed by atoms with Crippen molar-refractivity contribution in [1.82, 2.24) is 0 Å². The number of carbonyl (C=O) groups is 1. The standard InChI is InChI=1S/C11H10F4O2/c1-2-9(16)7-4-3-5-8(6-7)17-11(14,15)10(12)13/h3-6,10H,2H2,1H3. The van der Waals surface area contributed by atoms with Gasteiger partial charge in [0.05, 0.1) is 0 Å². The number of halogens is 4. The van der Waals surface area contributed by atoms with Crippen LogP contribution in [0, 0.1) is 0 Å². The molecule has 1 aromatic carbocycles. The minimum Gasteiger partial charge on any atom is -0.428 e. The van der Waals surface area contributed by atoms with Crippen LogP contribution in [0.5, 0.6) is 5.75 Å². The van der Waals surface area contributed by atoms with Crippen molar-refractivity contribution in [3.63, 3.8) is 0 Å². The Morgan fingerprint density at radius 3 is 2.59 bits per heavy atom. The van der Waals surface area contributed by atoms with E-state index in [2.05, 4.69) is 4.74 Å². The fraction of sp³-hybridized carbons (Fsp3) is 0.364. The summed E-state index contributed by atoms with van der Waals surface area (Å²) in [5.41, 5.74) is 0.148. The number of hydrogen-bond donors (Lipinski definition) is 0. The third kappa shape index (κ3) is 3.44. The molecule has 17 heavy (non-hydrogen) atoms. The molecular weight excluding hydrogens is 240 g/mol. The van der Waals surface area contributed by atoms with E-state index in [-0.39, 0.29) is 17.8 Å². The summed E-state index contributed by atoms with van der Waals surface area (Å²) in [4.78, 5) is 11.3. The van der Waals surface area contributed by atoms with Gasteiger partial charge in [0.15, 0.2) is 5.78 Å². The van der Waals surface area contributed by atoms with E-state index >= 15 is 0 Å². The van der Waals surface area contributed by atoms with Crippen molar-refractivity contribution in [3.05, 3.63) is 29.8 Å². The van der Waals surface area contributed by atoms with Gasteiger partial charge in [0.2, 0.25) is 0 Å². The predicted molar refractivity (Wildman–Crippen MR) is 52.6 cm³/mol. The molecule has 0 spiro atoms. The second-order valence-corrected chi connectivity index (χ2v) is 3.27. The summed E-state index contributed by atoms with van der Waals surface area (Å²) in [6.07, 6.45) is -8.30. The zero-order valence-electron chi connectivity index (χ0n) is 8.92. The molecule has 0 amide bonds. The van der Waals surface area contributed by atoms with Crippen LogP contribution in [0.1, 0.15) is 23.7 Å².